The Morgan fingerprint density at radius 3 is 2.93 bits per heavy atom. The van der Waals surface area contributed by atoms with E-state index in [1.165, 1.54) is 6.42 Å². The van der Waals surface area contributed by atoms with Crippen molar-refractivity contribution in [1.29, 1.82) is 0 Å². The Balaban J connectivity index is 2.14. The minimum atomic E-state index is 0.0756. The molecule has 0 saturated heterocycles. The molecule has 0 aliphatic heterocycles. The molecule has 0 aromatic carbocycles. The molecular weight excluding hydrogens is 178 g/mol. The first kappa shape index (κ1) is 11.5. The average Bonchev–Trinajstić information content (AvgIpc) is 2.15. The highest BCUT2D eigenvalue weighted by molar-refractivity contribution is 5.77. The minimum absolute atomic E-state index is 0.0756. The normalized spacial score (nSPS) is 27.3. The van der Waals surface area contributed by atoms with Crippen LogP contribution in [0.5, 0.6) is 0 Å². The van der Waals surface area contributed by atoms with Gasteiger partial charge in [-0.3, -0.25) is 4.79 Å². The molecule has 4 nitrogen and oxygen atoms in total. The number of likely N-dealkylation sites (N-methyl/N-ethyl adjacent to an activating group) is 1. The molecule has 2 unspecified atom stereocenters. The molecule has 1 saturated carbocycles. The van der Waals surface area contributed by atoms with Crippen LogP contribution in [0.1, 0.15) is 32.6 Å². The topological polar surface area (TPSA) is 67.2 Å². The van der Waals surface area contributed by atoms with Gasteiger partial charge in [0, 0.05) is 18.6 Å². The number of amides is 1. The molecule has 0 heterocycles. The summed E-state index contributed by atoms with van der Waals surface area (Å²) in [6, 6.07) is 0.747. The summed E-state index contributed by atoms with van der Waals surface area (Å²) in [7, 11) is 0. The molecule has 1 amide bonds. The molecule has 0 radical (unpaired) electrons. The molecule has 4 N–H and O–H groups in total. The van der Waals surface area contributed by atoms with Crippen LogP contribution < -0.4 is 16.4 Å². The van der Waals surface area contributed by atoms with Crippen molar-refractivity contribution in [1.82, 2.24) is 10.6 Å². The molecular formula is C10H21N3O. The maximum atomic E-state index is 11.2. The first-order valence-corrected chi connectivity index (χ1v) is 5.48. The van der Waals surface area contributed by atoms with Gasteiger partial charge in [-0.05, 0) is 26.2 Å². The molecule has 1 aliphatic carbocycles. The van der Waals surface area contributed by atoms with Crippen molar-refractivity contribution in [2.75, 3.05) is 13.1 Å². The molecule has 1 aliphatic rings. The summed E-state index contributed by atoms with van der Waals surface area (Å²) >= 11 is 0. The van der Waals surface area contributed by atoms with Gasteiger partial charge in [-0.15, -0.1) is 0 Å². The number of nitrogens with one attached hydrogen (secondary N) is 2. The molecule has 82 valence electrons. The second-order valence-corrected chi connectivity index (χ2v) is 3.96. The van der Waals surface area contributed by atoms with Gasteiger partial charge in [-0.25, -0.2) is 0 Å². The summed E-state index contributed by atoms with van der Waals surface area (Å²) in [6.45, 7) is 3.05. The second-order valence-electron chi connectivity index (χ2n) is 3.96. The Morgan fingerprint density at radius 2 is 2.29 bits per heavy atom. The monoisotopic (exact) mass is 199 g/mol. The molecule has 0 bridgehead atoms. The quantitative estimate of drug-likeness (QED) is 0.596. The highest BCUT2D eigenvalue weighted by Gasteiger charge is 2.18. The van der Waals surface area contributed by atoms with Gasteiger partial charge in [0.15, 0.2) is 0 Å². The first-order valence-electron chi connectivity index (χ1n) is 5.48. The lowest BCUT2D eigenvalue weighted by Gasteiger charge is -2.27. The van der Waals surface area contributed by atoms with Crippen molar-refractivity contribution in [2.24, 2.45) is 5.73 Å². The lowest BCUT2D eigenvalue weighted by molar-refractivity contribution is -0.120. The van der Waals surface area contributed by atoms with E-state index in [9.17, 15) is 4.79 Å². The van der Waals surface area contributed by atoms with Crippen molar-refractivity contribution < 1.29 is 4.79 Å². The molecule has 0 aromatic heterocycles. The standard InChI is InChI=1S/C10H21N3O/c1-2-12-10(14)7-13-9-5-3-4-8(11)6-9/h8-9,13H,2-7,11H2,1H3,(H,12,14). The Bertz CT molecular complexity index is 184. The number of carbonyl (C=O) groups is 1. The van der Waals surface area contributed by atoms with E-state index in [0.29, 0.717) is 25.2 Å². The fourth-order valence-electron chi connectivity index (χ4n) is 1.91. The Labute approximate surface area is 85.6 Å². The van der Waals surface area contributed by atoms with E-state index in [1.807, 2.05) is 6.92 Å². The summed E-state index contributed by atoms with van der Waals surface area (Å²) in [5, 5.41) is 6.01. The lowest BCUT2D eigenvalue weighted by atomic mass is 9.92. The lowest BCUT2D eigenvalue weighted by Crippen LogP contribution is -2.43. The number of carbonyl (C=O) groups excluding carboxylic acids is 1. The van der Waals surface area contributed by atoms with Gasteiger partial charge in [0.05, 0.1) is 6.54 Å². The van der Waals surface area contributed by atoms with E-state index < -0.39 is 0 Å². The van der Waals surface area contributed by atoms with Crippen LogP contribution in [-0.2, 0) is 4.79 Å². The van der Waals surface area contributed by atoms with Crippen molar-refractivity contribution in [3.05, 3.63) is 0 Å². The largest absolute Gasteiger partial charge is 0.355 e. The fourth-order valence-corrected chi connectivity index (χ4v) is 1.91. The molecule has 4 heteroatoms. The predicted molar refractivity (Wildman–Crippen MR) is 56.9 cm³/mol. The van der Waals surface area contributed by atoms with Crippen LogP contribution in [0.4, 0.5) is 0 Å². The zero-order valence-corrected chi connectivity index (χ0v) is 8.88. The van der Waals surface area contributed by atoms with Crippen molar-refractivity contribution in [2.45, 2.75) is 44.7 Å². The average molecular weight is 199 g/mol. The van der Waals surface area contributed by atoms with Gasteiger partial charge in [0.1, 0.15) is 0 Å². The molecule has 1 rings (SSSR count). The number of nitrogens with two attached hydrogens (primary N) is 1. The summed E-state index contributed by atoms with van der Waals surface area (Å²) < 4.78 is 0. The SMILES string of the molecule is CCNC(=O)CNC1CCCC(N)C1. The van der Waals surface area contributed by atoms with Gasteiger partial charge in [0.2, 0.25) is 5.91 Å². The molecule has 2 atom stereocenters. The van der Waals surface area contributed by atoms with E-state index in [-0.39, 0.29) is 5.91 Å². The first-order chi connectivity index (χ1) is 6.72. The second kappa shape index (κ2) is 5.98. The van der Waals surface area contributed by atoms with Gasteiger partial charge in [-0.1, -0.05) is 6.42 Å². The van der Waals surface area contributed by atoms with Crippen LogP contribution in [0.3, 0.4) is 0 Å². The summed E-state index contributed by atoms with van der Waals surface area (Å²) in [4.78, 5) is 11.2. The third-order valence-electron chi connectivity index (χ3n) is 2.64. The van der Waals surface area contributed by atoms with E-state index in [0.717, 1.165) is 19.3 Å². The van der Waals surface area contributed by atoms with Crippen molar-refractivity contribution >= 4 is 5.91 Å². The predicted octanol–water partition coefficient (Wildman–Crippen LogP) is -0.0180. The number of hydrogen-bond donors (Lipinski definition) is 3. The van der Waals surface area contributed by atoms with Gasteiger partial charge < -0.3 is 16.4 Å². The van der Waals surface area contributed by atoms with Crippen LogP contribution in [0.25, 0.3) is 0 Å². The van der Waals surface area contributed by atoms with Crippen molar-refractivity contribution in [3.63, 3.8) is 0 Å². The highest BCUT2D eigenvalue weighted by atomic mass is 16.1. The van der Waals surface area contributed by atoms with Crippen molar-refractivity contribution in [3.8, 4) is 0 Å². The molecule has 0 aromatic rings. The molecule has 0 spiro atoms. The number of rotatable bonds is 4. The maximum Gasteiger partial charge on any atom is 0.233 e. The zero-order chi connectivity index (χ0) is 10.4. The summed E-state index contributed by atoms with van der Waals surface area (Å²) in [5.41, 5.74) is 5.85. The van der Waals surface area contributed by atoms with Gasteiger partial charge in [0.25, 0.3) is 0 Å². The Morgan fingerprint density at radius 1 is 1.50 bits per heavy atom. The van der Waals surface area contributed by atoms with E-state index >= 15 is 0 Å². The van der Waals surface area contributed by atoms with Crippen LogP contribution in [0.15, 0.2) is 0 Å². The minimum Gasteiger partial charge on any atom is -0.355 e. The van der Waals surface area contributed by atoms with Crippen LogP contribution in [-0.4, -0.2) is 31.1 Å². The van der Waals surface area contributed by atoms with E-state index in [1.54, 1.807) is 0 Å². The molecule has 14 heavy (non-hydrogen) atoms. The van der Waals surface area contributed by atoms with E-state index in [4.69, 9.17) is 5.73 Å². The Hall–Kier alpha value is -0.610. The van der Waals surface area contributed by atoms with Crippen LogP contribution >= 0.6 is 0 Å². The third kappa shape index (κ3) is 4.07. The zero-order valence-electron chi connectivity index (χ0n) is 8.88. The molecule has 1 fully saturated rings. The Kier molecular flexibility index (Phi) is 4.90. The smallest absolute Gasteiger partial charge is 0.233 e. The fraction of sp³-hybridized carbons (Fsp3) is 0.900. The summed E-state index contributed by atoms with van der Waals surface area (Å²) in [6.07, 6.45) is 4.44. The number of hydrogen-bond acceptors (Lipinski definition) is 3. The maximum absolute atomic E-state index is 11.2. The summed E-state index contributed by atoms with van der Waals surface area (Å²) in [5.74, 6) is 0.0756. The highest BCUT2D eigenvalue weighted by Crippen LogP contribution is 2.16. The van der Waals surface area contributed by atoms with E-state index in [2.05, 4.69) is 10.6 Å². The third-order valence-corrected chi connectivity index (χ3v) is 2.64. The van der Waals surface area contributed by atoms with Crippen LogP contribution in [0, 0.1) is 0 Å². The van der Waals surface area contributed by atoms with Gasteiger partial charge in [-0.2, -0.15) is 0 Å². The van der Waals surface area contributed by atoms with Gasteiger partial charge >= 0.3 is 0 Å². The van der Waals surface area contributed by atoms with Crippen LogP contribution in [0.2, 0.25) is 0 Å².